The van der Waals surface area contributed by atoms with Gasteiger partial charge in [0.15, 0.2) is 0 Å². The van der Waals surface area contributed by atoms with Crippen molar-refractivity contribution in [2.75, 3.05) is 19.7 Å². The van der Waals surface area contributed by atoms with Crippen molar-refractivity contribution in [3.05, 3.63) is 30.1 Å². The van der Waals surface area contributed by atoms with Crippen LogP contribution in [0.3, 0.4) is 0 Å². The lowest BCUT2D eigenvalue weighted by atomic mass is 9.93. The molecule has 1 aliphatic rings. The van der Waals surface area contributed by atoms with Gasteiger partial charge in [-0.1, -0.05) is 20.3 Å². The molecular weight excluding hydrogens is 276 g/mol. The van der Waals surface area contributed by atoms with Crippen LogP contribution in [0.1, 0.15) is 57.6 Å². The quantitative estimate of drug-likeness (QED) is 0.722. The molecule has 1 unspecified atom stereocenters. The molecule has 0 amide bonds. The van der Waals surface area contributed by atoms with Crippen LogP contribution in [0.15, 0.2) is 24.5 Å². The number of hydrogen-bond acceptors (Lipinski definition) is 4. The number of nitrogens with zero attached hydrogens (tertiary/aromatic N) is 2. The van der Waals surface area contributed by atoms with Gasteiger partial charge in [-0.2, -0.15) is 0 Å². The Balaban J connectivity index is 1.92. The summed E-state index contributed by atoms with van der Waals surface area (Å²) in [5.41, 5.74) is 1.34. The van der Waals surface area contributed by atoms with Crippen LogP contribution in [0.4, 0.5) is 0 Å². The van der Waals surface area contributed by atoms with Crippen molar-refractivity contribution in [3.8, 4) is 0 Å². The van der Waals surface area contributed by atoms with E-state index in [0.29, 0.717) is 12.6 Å². The Morgan fingerprint density at radius 2 is 1.95 bits per heavy atom. The lowest BCUT2D eigenvalue weighted by Gasteiger charge is -2.37. The molecule has 0 aliphatic carbocycles. The number of carbonyl (C=O) groups is 1. The van der Waals surface area contributed by atoms with Crippen LogP contribution in [0.2, 0.25) is 0 Å². The van der Waals surface area contributed by atoms with Gasteiger partial charge in [-0.25, -0.2) is 0 Å². The van der Waals surface area contributed by atoms with Gasteiger partial charge >= 0.3 is 5.97 Å². The second-order valence-electron chi connectivity index (χ2n) is 6.06. The number of hydrogen-bond donors (Lipinski definition) is 0. The summed E-state index contributed by atoms with van der Waals surface area (Å²) in [6, 6.07) is 4.67. The molecule has 0 bridgehead atoms. The summed E-state index contributed by atoms with van der Waals surface area (Å²) in [6.45, 7) is 6.75. The molecule has 0 N–H and O–H groups in total. The first-order chi connectivity index (χ1) is 10.8. The van der Waals surface area contributed by atoms with E-state index in [0.717, 1.165) is 45.2 Å². The fourth-order valence-electron chi connectivity index (χ4n) is 3.19. The highest BCUT2D eigenvalue weighted by Gasteiger charge is 2.29. The number of ether oxygens (including phenoxy) is 1. The number of carbonyl (C=O) groups excluding carboxylic acids is 1. The van der Waals surface area contributed by atoms with E-state index in [2.05, 4.69) is 28.9 Å². The molecule has 2 rings (SSSR count). The van der Waals surface area contributed by atoms with Crippen LogP contribution >= 0.6 is 0 Å². The molecule has 1 atom stereocenters. The molecule has 1 fully saturated rings. The van der Waals surface area contributed by atoms with Gasteiger partial charge in [0.2, 0.25) is 0 Å². The first kappa shape index (κ1) is 16.9. The first-order valence-corrected chi connectivity index (χ1v) is 8.56. The van der Waals surface area contributed by atoms with Crippen molar-refractivity contribution in [1.29, 1.82) is 0 Å². The van der Waals surface area contributed by atoms with E-state index in [1.807, 2.05) is 19.3 Å². The largest absolute Gasteiger partial charge is 0.465 e. The number of piperidine rings is 1. The Morgan fingerprint density at radius 3 is 2.55 bits per heavy atom. The molecule has 4 nitrogen and oxygen atoms in total. The van der Waals surface area contributed by atoms with Crippen molar-refractivity contribution in [1.82, 2.24) is 9.88 Å². The van der Waals surface area contributed by atoms with Crippen molar-refractivity contribution in [3.63, 3.8) is 0 Å². The molecule has 4 heteroatoms. The van der Waals surface area contributed by atoms with E-state index in [-0.39, 0.29) is 11.9 Å². The molecule has 0 aromatic carbocycles. The van der Waals surface area contributed by atoms with Gasteiger partial charge < -0.3 is 4.74 Å². The lowest BCUT2D eigenvalue weighted by Crippen LogP contribution is -2.39. The molecular formula is C18H28N2O2. The zero-order chi connectivity index (χ0) is 15.8. The van der Waals surface area contributed by atoms with Crippen LogP contribution in [0.25, 0.3) is 0 Å². The Kier molecular flexibility index (Phi) is 6.84. The minimum absolute atomic E-state index is 0.00236. The molecule has 0 saturated carbocycles. The van der Waals surface area contributed by atoms with E-state index in [1.165, 1.54) is 5.56 Å². The fraction of sp³-hybridized carbons (Fsp3) is 0.667. The van der Waals surface area contributed by atoms with Gasteiger partial charge in [0, 0.05) is 18.4 Å². The zero-order valence-corrected chi connectivity index (χ0v) is 13.8. The predicted molar refractivity (Wildman–Crippen MR) is 87.4 cm³/mol. The molecule has 22 heavy (non-hydrogen) atoms. The molecule has 1 saturated heterocycles. The van der Waals surface area contributed by atoms with Crippen LogP contribution in [0.5, 0.6) is 0 Å². The van der Waals surface area contributed by atoms with Crippen molar-refractivity contribution < 1.29 is 9.53 Å². The zero-order valence-electron chi connectivity index (χ0n) is 13.8. The predicted octanol–water partition coefficient (Wildman–Crippen LogP) is 3.59. The molecule has 1 aromatic heterocycles. The maximum Gasteiger partial charge on any atom is 0.309 e. The second kappa shape index (κ2) is 8.89. The minimum Gasteiger partial charge on any atom is -0.465 e. The molecule has 0 spiro atoms. The summed E-state index contributed by atoms with van der Waals surface area (Å²) < 4.78 is 5.29. The Labute approximate surface area is 133 Å². The topological polar surface area (TPSA) is 42.4 Å². The maximum absolute atomic E-state index is 12.0. The number of aromatic nitrogens is 1. The molecule has 1 aromatic rings. The molecule has 1 aliphatic heterocycles. The maximum atomic E-state index is 12.0. The van der Waals surface area contributed by atoms with Crippen LogP contribution in [0, 0.1) is 5.92 Å². The van der Waals surface area contributed by atoms with Crippen LogP contribution in [-0.2, 0) is 9.53 Å². The van der Waals surface area contributed by atoms with Gasteiger partial charge in [0.1, 0.15) is 0 Å². The van der Waals surface area contributed by atoms with Gasteiger partial charge in [-0.15, -0.1) is 0 Å². The molecule has 0 radical (unpaired) electrons. The minimum atomic E-state index is -0.00236. The van der Waals surface area contributed by atoms with E-state index in [4.69, 9.17) is 4.74 Å². The highest BCUT2D eigenvalue weighted by Crippen LogP contribution is 2.30. The summed E-state index contributed by atoms with van der Waals surface area (Å²) in [4.78, 5) is 18.6. The summed E-state index contributed by atoms with van der Waals surface area (Å²) in [5, 5.41) is 0. The second-order valence-corrected chi connectivity index (χ2v) is 6.06. The summed E-state index contributed by atoms with van der Waals surface area (Å²) in [5.74, 6) is 0.0833. The Bertz CT molecular complexity index is 442. The number of likely N-dealkylation sites (tertiary alicyclic amines) is 1. The van der Waals surface area contributed by atoms with Crippen molar-refractivity contribution in [2.45, 2.75) is 52.0 Å². The van der Waals surface area contributed by atoms with E-state index in [9.17, 15) is 4.79 Å². The smallest absolute Gasteiger partial charge is 0.309 e. The first-order valence-electron chi connectivity index (χ1n) is 8.56. The standard InChI is InChI=1S/C18H28N2O2/c1-3-5-17(15-6-10-19-11-7-15)20-12-8-16(9-13-20)18(21)22-14-4-2/h6-7,10-11,16-17H,3-5,8-9,12-14H2,1-2H3. The average molecular weight is 304 g/mol. The van der Waals surface area contributed by atoms with Crippen molar-refractivity contribution in [2.24, 2.45) is 5.92 Å². The fourth-order valence-corrected chi connectivity index (χ4v) is 3.19. The third-order valence-corrected chi connectivity index (χ3v) is 4.41. The third kappa shape index (κ3) is 4.54. The highest BCUT2D eigenvalue weighted by molar-refractivity contribution is 5.72. The Hall–Kier alpha value is -1.42. The summed E-state index contributed by atoms with van der Waals surface area (Å²) >= 11 is 0. The number of rotatable bonds is 7. The highest BCUT2D eigenvalue weighted by atomic mass is 16.5. The van der Waals surface area contributed by atoms with Gasteiger partial charge in [0.25, 0.3) is 0 Å². The Morgan fingerprint density at radius 1 is 1.27 bits per heavy atom. The number of pyridine rings is 1. The van der Waals surface area contributed by atoms with Gasteiger partial charge in [0.05, 0.1) is 12.5 Å². The summed E-state index contributed by atoms with van der Waals surface area (Å²) in [6.07, 6.45) is 8.76. The SMILES string of the molecule is CCCOC(=O)C1CCN(C(CCC)c2ccncc2)CC1. The normalized spacial score (nSPS) is 18.1. The van der Waals surface area contributed by atoms with Crippen molar-refractivity contribution >= 4 is 5.97 Å². The van der Waals surface area contributed by atoms with Crippen LogP contribution < -0.4 is 0 Å². The molecule has 122 valence electrons. The van der Waals surface area contributed by atoms with Gasteiger partial charge in [-0.3, -0.25) is 14.7 Å². The van der Waals surface area contributed by atoms with Gasteiger partial charge in [-0.05, 0) is 56.5 Å². The van der Waals surface area contributed by atoms with E-state index >= 15 is 0 Å². The average Bonchev–Trinajstić information content (AvgIpc) is 2.58. The lowest BCUT2D eigenvalue weighted by molar-refractivity contribution is -0.150. The number of esters is 1. The third-order valence-electron chi connectivity index (χ3n) is 4.41. The van der Waals surface area contributed by atoms with Crippen LogP contribution in [-0.4, -0.2) is 35.5 Å². The van der Waals surface area contributed by atoms with E-state index in [1.54, 1.807) is 0 Å². The monoisotopic (exact) mass is 304 g/mol. The molecule has 2 heterocycles. The van der Waals surface area contributed by atoms with E-state index < -0.39 is 0 Å². The summed E-state index contributed by atoms with van der Waals surface area (Å²) in [7, 11) is 0.